The molecule has 1 saturated heterocycles. The summed E-state index contributed by atoms with van der Waals surface area (Å²) in [6, 6.07) is 8.57. The Kier molecular flexibility index (Phi) is 6.19. The number of benzene rings is 1. The number of amides is 1. The van der Waals surface area contributed by atoms with E-state index in [2.05, 4.69) is 34.2 Å². The number of ether oxygens (including phenoxy) is 1. The summed E-state index contributed by atoms with van der Waals surface area (Å²) in [5.74, 6) is 1.69. The highest BCUT2D eigenvalue weighted by Crippen LogP contribution is 2.24. The highest BCUT2D eigenvalue weighted by Gasteiger charge is 2.24. The summed E-state index contributed by atoms with van der Waals surface area (Å²) in [5.41, 5.74) is 1.19. The van der Waals surface area contributed by atoms with Crippen LogP contribution in [0.4, 0.5) is 5.69 Å². The first-order chi connectivity index (χ1) is 12.2. The number of anilines is 1. The fraction of sp³-hybridized carbons (Fsp3) is 0.650. The number of methoxy groups -OCH3 is 1. The van der Waals surface area contributed by atoms with Gasteiger partial charge in [-0.05, 0) is 30.9 Å². The third-order valence-corrected chi connectivity index (χ3v) is 5.62. The first-order valence-electron chi connectivity index (χ1n) is 9.56. The van der Waals surface area contributed by atoms with E-state index in [0.29, 0.717) is 18.5 Å². The Hall–Kier alpha value is -1.75. The summed E-state index contributed by atoms with van der Waals surface area (Å²) in [5, 5.41) is 3.26. The minimum atomic E-state index is 0.189. The molecule has 0 unspecified atom stereocenters. The van der Waals surface area contributed by atoms with Gasteiger partial charge in [0.2, 0.25) is 5.91 Å². The summed E-state index contributed by atoms with van der Waals surface area (Å²) >= 11 is 0. The van der Waals surface area contributed by atoms with Crippen LogP contribution < -0.4 is 15.0 Å². The molecule has 2 fully saturated rings. The van der Waals surface area contributed by atoms with E-state index in [1.807, 2.05) is 12.1 Å². The van der Waals surface area contributed by atoms with Gasteiger partial charge in [0.15, 0.2) is 0 Å². The van der Waals surface area contributed by atoms with Crippen LogP contribution in [0.25, 0.3) is 0 Å². The molecule has 0 radical (unpaired) electrons. The van der Waals surface area contributed by atoms with Crippen molar-refractivity contribution in [3.63, 3.8) is 0 Å². The average Bonchev–Trinajstić information content (AvgIpc) is 2.64. The third-order valence-electron chi connectivity index (χ3n) is 5.62. The molecule has 1 aromatic carbocycles. The van der Waals surface area contributed by atoms with Gasteiger partial charge < -0.3 is 15.0 Å². The van der Waals surface area contributed by atoms with Crippen molar-refractivity contribution in [2.24, 2.45) is 5.92 Å². The summed E-state index contributed by atoms with van der Waals surface area (Å²) in [7, 11) is 1.70. The van der Waals surface area contributed by atoms with E-state index in [1.165, 1.54) is 24.9 Å². The number of rotatable bonds is 5. The van der Waals surface area contributed by atoms with E-state index in [4.69, 9.17) is 4.74 Å². The van der Waals surface area contributed by atoms with Crippen LogP contribution in [0.3, 0.4) is 0 Å². The first kappa shape index (κ1) is 18.1. The Morgan fingerprint density at radius 1 is 1.20 bits per heavy atom. The van der Waals surface area contributed by atoms with Crippen molar-refractivity contribution in [2.75, 3.05) is 44.7 Å². The minimum absolute atomic E-state index is 0.189. The molecule has 1 heterocycles. The van der Waals surface area contributed by atoms with Crippen molar-refractivity contribution in [2.45, 2.75) is 38.6 Å². The molecule has 1 N–H and O–H groups in total. The van der Waals surface area contributed by atoms with Gasteiger partial charge in [0.1, 0.15) is 5.75 Å². The molecule has 5 nitrogen and oxygen atoms in total. The predicted molar refractivity (Wildman–Crippen MR) is 101 cm³/mol. The molecule has 0 aromatic heterocycles. The summed E-state index contributed by atoms with van der Waals surface area (Å²) < 4.78 is 5.31. The molecule has 1 aromatic rings. The normalized spacial score (nSPS) is 24.8. The van der Waals surface area contributed by atoms with Gasteiger partial charge in [-0.15, -0.1) is 0 Å². The molecular weight excluding hydrogens is 314 g/mol. The summed E-state index contributed by atoms with van der Waals surface area (Å²) in [6.45, 7) is 6.52. The third kappa shape index (κ3) is 4.88. The van der Waals surface area contributed by atoms with Gasteiger partial charge in [0.25, 0.3) is 0 Å². The number of carbonyl (C=O) groups excluding carboxylic acids is 1. The maximum Gasteiger partial charge on any atom is 0.234 e. The van der Waals surface area contributed by atoms with Crippen LogP contribution in [0.15, 0.2) is 24.3 Å². The second kappa shape index (κ2) is 8.56. The quantitative estimate of drug-likeness (QED) is 0.891. The Balaban J connectivity index is 1.45. The molecule has 2 aliphatic rings. The molecule has 3 rings (SSSR count). The lowest BCUT2D eigenvalue weighted by molar-refractivity contribution is -0.123. The van der Waals surface area contributed by atoms with E-state index in [9.17, 15) is 4.79 Å². The lowest BCUT2D eigenvalue weighted by Crippen LogP contribution is -2.51. The molecule has 1 aliphatic carbocycles. The van der Waals surface area contributed by atoms with Gasteiger partial charge in [-0.3, -0.25) is 9.69 Å². The smallest absolute Gasteiger partial charge is 0.234 e. The zero-order chi connectivity index (χ0) is 17.6. The number of nitrogens with zero attached hydrogens (tertiary/aromatic N) is 2. The average molecular weight is 345 g/mol. The molecule has 1 aliphatic heterocycles. The lowest BCUT2D eigenvalue weighted by Gasteiger charge is -2.36. The number of carbonyl (C=O) groups is 1. The Morgan fingerprint density at radius 3 is 2.68 bits per heavy atom. The fourth-order valence-electron chi connectivity index (χ4n) is 3.96. The molecule has 0 spiro atoms. The largest absolute Gasteiger partial charge is 0.497 e. The van der Waals surface area contributed by atoms with Crippen molar-refractivity contribution < 1.29 is 9.53 Å². The predicted octanol–water partition coefficient (Wildman–Crippen LogP) is 2.51. The molecule has 138 valence electrons. The maximum atomic E-state index is 12.4. The second-order valence-corrected chi connectivity index (χ2v) is 7.40. The zero-order valence-corrected chi connectivity index (χ0v) is 15.5. The maximum absolute atomic E-state index is 12.4. The lowest BCUT2D eigenvalue weighted by atomic mass is 9.86. The monoisotopic (exact) mass is 345 g/mol. The number of nitrogens with one attached hydrogen (secondary N) is 1. The topological polar surface area (TPSA) is 44.8 Å². The van der Waals surface area contributed by atoms with Crippen LogP contribution in [0.2, 0.25) is 0 Å². The van der Waals surface area contributed by atoms with Crippen molar-refractivity contribution in [1.82, 2.24) is 10.2 Å². The van der Waals surface area contributed by atoms with Crippen LogP contribution >= 0.6 is 0 Å². The van der Waals surface area contributed by atoms with Crippen LogP contribution in [0.1, 0.15) is 32.6 Å². The van der Waals surface area contributed by atoms with Gasteiger partial charge in [-0.2, -0.15) is 0 Å². The van der Waals surface area contributed by atoms with Crippen molar-refractivity contribution in [3.8, 4) is 5.75 Å². The number of piperazine rings is 1. The van der Waals surface area contributed by atoms with Crippen LogP contribution in [0.5, 0.6) is 5.75 Å². The van der Waals surface area contributed by atoms with Crippen LogP contribution in [0, 0.1) is 5.92 Å². The Labute approximate surface area is 151 Å². The molecule has 1 saturated carbocycles. The highest BCUT2D eigenvalue weighted by atomic mass is 16.5. The zero-order valence-electron chi connectivity index (χ0n) is 15.5. The fourth-order valence-corrected chi connectivity index (χ4v) is 3.96. The standard InChI is InChI=1S/C20H31N3O2/c1-16-6-3-4-9-19(16)21-20(24)15-22-10-12-23(13-11-22)17-7-5-8-18(14-17)25-2/h5,7-8,14,16,19H,3-4,6,9-13,15H2,1-2H3,(H,21,24)/t16-,19-/m1/s1. The summed E-state index contributed by atoms with van der Waals surface area (Å²) in [4.78, 5) is 17.0. The van der Waals surface area contributed by atoms with Crippen LogP contribution in [-0.2, 0) is 4.79 Å². The highest BCUT2D eigenvalue weighted by molar-refractivity contribution is 5.78. The van der Waals surface area contributed by atoms with Gasteiger partial charge in [-0.1, -0.05) is 25.8 Å². The van der Waals surface area contributed by atoms with E-state index < -0.39 is 0 Å². The molecule has 5 heteroatoms. The SMILES string of the molecule is COc1cccc(N2CCN(CC(=O)N[C@@H]3CCCC[C@H]3C)CC2)c1. The number of hydrogen-bond acceptors (Lipinski definition) is 4. The second-order valence-electron chi connectivity index (χ2n) is 7.40. The van der Waals surface area contributed by atoms with Gasteiger partial charge in [0.05, 0.1) is 13.7 Å². The molecule has 1 amide bonds. The van der Waals surface area contributed by atoms with E-state index >= 15 is 0 Å². The molecule has 2 atom stereocenters. The van der Waals surface area contributed by atoms with E-state index in [-0.39, 0.29) is 5.91 Å². The summed E-state index contributed by atoms with van der Waals surface area (Å²) in [6.07, 6.45) is 4.93. The van der Waals surface area contributed by atoms with E-state index in [0.717, 1.165) is 38.3 Å². The van der Waals surface area contributed by atoms with Gasteiger partial charge in [-0.25, -0.2) is 0 Å². The molecule has 0 bridgehead atoms. The van der Waals surface area contributed by atoms with E-state index in [1.54, 1.807) is 7.11 Å². The minimum Gasteiger partial charge on any atom is -0.497 e. The molecule has 25 heavy (non-hydrogen) atoms. The van der Waals surface area contributed by atoms with Crippen molar-refractivity contribution in [1.29, 1.82) is 0 Å². The molecular formula is C20H31N3O2. The van der Waals surface area contributed by atoms with Crippen molar-refractivity contribution >= 4 is 11.6 Å². The first-order valence-corrected chi connectivity index (χ1v) is 9.56. The van der Waals surface area contributed by atoms with Crippen molar-refractivity contribution in [3.05, 3.63) is 24.3 Å². The van der Waals surface area contributed by atoms with Gasteiger partial charge >= 0.3 is 0 Å². The Morgan fingerprint density at radius 2 is 1.96 bits per heavy atom. The van der Waals surface area contributed by atoms with Crippen LogP contribution in [-0.4, -0.2) is 56.7 Å². The number of hydrogen-bond donors (Lipinski definition) is 1. The van der Waals surface area contributed by atoms with Gasteiger partial charge in [0, 0.05) is 44.0 Å². The Bertz CT molecular complexity index is 570.